The molecule has 7 heteroatoms. The third-order valence-corrected chi connectivity index (χ3v) is 4.61. The van der Waals surface area contributed by atoms with Crippen LogP contribution in [0.3, 0.4) is 0 Å². The second kappa shape index (κ2) is 7.15. The van der Waals surface area contributed by atoms with Gasteiger partial charge in [-0.15, -0.1) is 0 Å². The summed E-state index contributed by atoms with van der Waals surface area (Å²) in [7, 11) is 1.56. The largest absolute Gasteiger partial charge is 0.495 e. The van der Waals surface area contributed by atoms with Crippen LogP contribution in [0.2, 0.25) is 5.02 Å². The van der Waals surface area contributed by atoms with Crippen molar-refractivity contribution in [2.45, 2.75) is 5.50 Å². The summed E-state index contributed by atoms with van der Waals surface area (Å²) >= 11 is 7.34. The number of thioether (sulfide) groups is 1. The van der Waals surface area contributed by atoms with Gasteiger partial charge in [0.1, 0.15) is 11.6 Å². The molecule has 1 fully saturated rings. The first-order valence-electron chi connectivity index (χ1n) is 7.10. The van der Waals surface area contributed by atoms with Crippen LogP contribution in [-0.2, 0) is 4.79 Å². The van der Waals surface area contributed by atoms with Crippen molar-refractivity contribution in [1.29, 1.82) is 0 Å². The number of nitrogens with one attached hydrogen (secondary N) is 2. The molecule has 0 bridgehead atoms. The zero-order valence-electron chi connectivity index (χ0n) is 12.7. The number of benzene rings is 2. The molecule has 1 amide bonds. The van der Waals surface area contributed by atoms with Crippen molar-refractivity contribution in [3.8, 4) is 5.75 Å². The molecule has 0 spiro atoms. The molecule has 124 valence electrons. The standard InChI is InChI=1S/C17H14ClFN2O2S/c1-23-14-7-4-11(18)9-13(14)20-17-21-16(22)15(24-17)8-10-2-5-12(19)6-3-10/h2-9,17,20H,1H3,(H,21,22)/b15-8-. The predicted molar refractivity (Wildman–Crippen MR) is 95.5 cm³/mol. The molecule has 24 heavy (non-hydrogen) atoms. The van der Waals surface area contributed by atoms with E-state index in [9.17, 15) is 9.18 Å². The van der Waals surface area contributed by atoms with Crippen molar-refractivity contribution in [3.05, 3.63) is 63.8 Å². The Morgan fingerprint density at radius 3 is 2.75 bits per heavy atom. The number of amides is 1. The molecule has 0 aliphatic carbocycles. The fraction of sp³-hybridized carbons (Fsp3) is 0.118. The third-order valence-electron chi connectivity index (χ3n) is 3.35. The Bertz CT molecular complexity index is 796. The topological polar surface area (TPSA) is 50.4 Å². The fourth-order valence-electron chi connectivity index (χ4n) is 2.21. The molecule has 1 atom stereocenters. The minimum atomic E-state index is -0.350. The van der Waals surface area contributed by atoms with Gasteiger partial charge in [0, 0.05) is 5.02 Å². The fourth-order valence-corrected chi connectivity index (χ4v) is 3.36. The van der Waals surface area contributed by atoms with Gasteiger partial charge in [-0.2, -0.15) is 0 Å². The van der Waals surface area contributed by atoms with Crippen LogP contribution in [0.1, 0.15) is 5.56 Å². The summed E-state index contributed by atoms with van der Waals surface area (Å²) in [5, 5.41) is 6.57. The Balaban J connectivity index is 1.75. The van der Waals surface area contributed by atoms with Crippen LogP contribution in [-0.4, -0.2) is 18.5 Å². The number of methoxy groups -OCH3 is 1. The Kier molecular flexibility index (Phi) is 4.97. The quantitative estimate of drug-likeness (QED) is 0.802. The summed E-state index contributed by atoms with van der Waals surface area (Å²) in [5.41, 5.74) is 1.09. The molecule has 0 aromatic heterocycles. The molecule has 2 N–H and O–H groups in total. The van der Waals surface area contributed by atoms with Crippen LogP contribution >= 0.6 is 23.4 Å². The predicted octanol–water partition coefficient (Wildman–Crippen LogP) is 4.09. The summed E-state index contributed by atoms with van der Waals surface area (Å²) in [6, 6.07) is 11.2. The Morgan fingerprint density at radius 1 is 1.29 bits per heavy atom. The maximum Gasteiger partial charge on any atom is 0.260 e. The van der Waals surface area contributed by atoms with E-state index in [0.29, 0.717) is 21.4 Å². The molecule has 0 saturated carbocycles. The normalized spacial score (nSPS) is 18.5. The highest BCUT2D eigenvalue weighted by Crippen LogP contribution is 2.34. The van der Waals surface area contributed by atoms with E-state index in [0.717, 1.165) is 5.56 Å². The molecule has 1 saturated heterocycles. The van der Waals surface area contributed by atoms with E-state index in [1.807, 2.05) is 0 Å². The molecule has 2 aromatic rings. The highest BCUT2D eigenvalue weighted by Gasteiger charge is 2.27. The van der Waals surface area contributed by atoms with E-state index in [4.69, 9.17) is 16.3 Å². The molecule has 4 nitrogen and oxygen atoms in total. The first-order chi connectivity index (χ1) is 11.5. The van der Waals surface area contributed by atoms with Gasteiger partial charge in [0.15, 0.2) is 5.50 Å². The number of hydrogen-bond acceptors (Lipinski definition) is 4. The van der Waals surface area contributed by atoms with Crippen LogP contribution in [0.25, 0.3) is 6.08 Å². The molecule has 1 unspecified atom stereocenters. The molecule has 0 radical (unpaired) electrons. The van der Waals surface area contributed by atoms with Crippen LogP contribution in [0, 0.1) is 5.82 Å². The van der Waals surface area contributed by atoms with E-state index in [-0.39, 0.29) is 17.2 Å². The number of carbonyl (C=O) groups is 1. The number of halogens is 2. The number of hydrogen-bond donors (Lipinski definition) is 2. The van der Waals surface area contributed by atoms with Gasteiger partial charge in [-0.3, -0.25) is 4.79 Å². The van der Waals surface area contributed by atoms with E-state index in [1.54, 1.807) is 43.5 Å². The summed E-state index contributed by atoms with van der Waals surface area (Å²) in [6.07, 6.45) is 1.72. The van der Waals surface area contributed by atoms with Gasteiger partial charge < -0.3 is 15.4 Å². The van der Waals surface area contributed by atoms with Crippen molar-refractivity contribution in [3.63, 3.8) is 0 Å². The van der Waals surface area contributed by atoms with Gasteiger partial charge in [-0.1, -0.05) is 35.5 Å². The summed E-state index contributed by atoms with van der Waals surface area (Å²) in [4.78, 5) is 12.6. The summed E-state index contributed by atoms with van der Waals surface area (Å²) in [6.45, 7) is 0. The van der Waals surface area contributed by atoms with E-state index in [2.05, 4.69) is 10.6 Å². The van der Waals surface area contributed by atoms with Gasteiger partial charge in [0.2, 0.25) is 0 Å². The lowest BCUT2D eigenvalue weighted by atomic mass is 10.2. The minimum Gasteiger partial charge on any atom is -0.495 e. The van der Waals surface area contributed by atoms with Gasteiger partial charge >= 0.3 is 0 Å². The highest BCUT2D eigenvalue weighted by atomic mass is 35.5. The Hall–Kier alpha value is -2.18. The van der Waals surface area contributed by atoms with Gasteiger partial charge in [-0.25, -0.2) is 4.39 Å². The van der Waals surface area contributed by atoms with Crippen molar-refractivity contribution in [2.24, 2.45) is 0 Å². The number of anilines is 1. The van der Waals surface area contributed by atoms with Crippen LogP contribution in [0.5, 0.6) is 5.75 Å². The molecule has 1 heterocycles. The second-order valence-electron chi connectivity index (χ2n) is 5.02. The maximum absolute atomic E-state index is 12.9. The van der Waals surface area contributed by atoms with E-state index in [1.165, 1.54) is 23.9 Å². The molecule has 2 aromatic carbocycles. The zero-order valence-corrected chi connectivity index (χ0v) is 14.2. The van der Waals surface area contributed by atoms with Crippen LogP contribution < -0.4 is 15.4 Å². The lowest BCUT2D eigenvalue weighted by Gasteiger charge is -2.15. The van der Waals surface area contributed by atoms with Gasteiger partial charge in [0.05, 0.1) is 17.7 Å². The third kappa shape index (κ3) is 3.83. The maximum atomic E-state index is 12.9. The minimum absolute atomic E-state index is 0.192. The molecule has 1 aliphatic rings. The lowest BCUT2D eigenvalue weighted by Crippen LogP contribution is -2.31. The summed E-state index contributed by atoms with van der Waals surface area (Å²) in [5.74, 6) is 0.126. The first-order valence-corrected chi connectivity index (χ1v) is 8.36. The monoisotopic (exact) mass is 364 g/mol. The van der Waals surface area contributed by atoms with Crippen molar-refractivity contribution in [2.75, 3.05) is 12.4 Å². The average molecular weight is 365 g/mol. The van der Waals surface area contributed by atoms with Gasteiger partial charge in [0.25, 0.3) is 5.91 Å². The SMILES string of the molecule is COc1ccc(Cl)cc1NC1NC(=O)/C(=C/c2ccc(F)cc2)S1. The summed E-state index contributed by atoms with van der Waals surface area (Å²) < 4.78 is 18.2. The van der Waals surface area contributed by atoms with Crippen LogP contribution in [0.15, 0.2) is 47.4 Å². The van der Waals surface area contributed by atoms with Crippen LogP contribution in [0.4, 0.5) is 10.1 Å². The molecular formula is C17H14ClFN2O2S. The number of ether oxygens (including phenoxy) is 1. The van der Waals surface area contributed by atoms with Crippen molar-refractivity contribution >= 4 is 41.0 Å². The Morgan fingerprint density at radius 2 is 2.04 bits per heavy atom. The van der Waals surface area contributed by atoms with Crippen molar-refractivity contribution < 1.29 is 13.9 Å². The first kappa shape index (κ1) is 16.7. The molecule has 1 aliphatic heterocycles. The van der Waals surface area contributed by atoms with E-state index < -0.39 is 0 Å². The Labute approximate surface area is 148 Å². The average Bonchev–Trinajstić information content (AvgIpc) is 2.89. The van der Waals surface area contributed by atoms with Crippen molar-refractivity contribution in [1.82, 2.24) is 5.32 Å². The zero-order chi connectivity index (χ0) is 17.1. The number of carbonyl (C=O) groups excluding carboxylic acids is 1. The second-order valence-corrected chi connectivity index (χ2v) is 6.60. The smallest absolute Gasteiger partial charge is 0.260 e. The van der Waals surface area contributed by atoms with E-state index >= 15 is 0 Å². The molecule has 3 rings (SSSR count). The van der Waals surface area contributed by atoms with Gasteiger partial charge in [-0.05, 0) is 42.0 Å². The highest BCUT2D eigenvalue weighted by molar-refractivity contribution is 8.05. The molecular weight excluding hydrogens is 351 g/mol. The number of rotatable bonds is 4. The lowest BCUT2D eigenvalue weighted by molar-refractivity contribution is -0.116.